The van der Waals surface area contributed by atoms with Crippen molar-refractivity contribution >= 4 is 31.5 Å². The SMILES string of the molecule is C=C[C@@]1(SC)[C@H](OC(=O)c2ccccc2)[C@@H](OCOCC[Si](C)(C)C)[C@H](OCc2ccccc2[N+](=O)[O-])O[C@@H]1C. The largest absolute Gasteiger partial charge is 0.454 e. The zero-order valence-corrected chi connectivity index (χ0v) is 25.6. The van der Waals surface area contributed by atoms with E-state index < -0.39 is 48.3 Å². The summed E-state index contributed by atoms with van der Waals surface area (Å²) < 4.78 is 29.7. The molecule has 2 aromatic carbocycles. The van der Waals surface area contributed by atoms with Crippen LogP contribution < -0.4 is 0 Å². The molecule has 0 spiro atoms. The van der Waals surface area contributed by atoms with Crippen LogP contribution in [0.4, 0.5) is 5.69 Å². The van der Waals surface area contributed by atoms with E-state index in [-0.39, 0.29) is 19.1 Å². The van der Waals surface area contributed by atoms with Gasteiger partial charge in [-0.25, -0.2) is 4.79 Å². The molecular formula is C29H39NO8SSi. The molecule has 0 aromatic heterocycles. The predicted molar refractivity (Wildman–Crippen MR) is 158 cm³/mol. The molecule has 0 saturated carbocycles. The molecule has 1 aliphatic rings. The second-order valence-electron chi connectivity index (χ2n) is 10.8. The molecule has 0 radical (unpaired) electrons. The highest BCUT2D eigenvalue weighted by molar-refractivity contribution is 8.00. The van der Waals surface area contributed by atoms with Crippen LogP contribution in [0.5, 0.6) is 0 Å². The van der Waals surface area contributed by atoms with Gasteiger partial charge in [-0.2, -0.15) is 0 Å². The molecular weight excluding hydrogens is 550 g/mol. The van der Waals surface area contributed by atoms with Gasteiger partial charge in [0.2, 0.25) is 0 Å². The Morgan fingerprint density at radius 2 is 1.82 bits per heavy atom. The van der Waals surface area contributed by atoms with E-state index in [0.717, 1.165) is 6.04 Å². The molecule has 0 aliphatic carbocycles. The number of carbonyl (C=O) groups excluding carboxylic acids is 1. The Morgan fingerprint density at radius 1 is 1.15 bits per heavy atom. The van der Waals surface area contributed by atoms with Crippen LogP contribution in [-0.4, -0.2) is 68.0 Å². The van der Waals surface area contributed by atoms with Gasteiger partial charge in [-0.05, 0) is 37.4 Å². The maximum Gasteiger partial charge on any atom is 0.338 e. The molecule has 218 valence electrons. The zero-order chi connectivity index (χ0) is 29.3. The lowest BCUT2D eigenvalue weighted by atomic mass is 9.88. The van der Waals surface area contributed by atoms with Crippen molar-refractivity contribution < 1.29 is 33.4 Å². The Hall–Kier alpha value is -2.54. The van der Waals surface area contributed by atoms with Crippen LogP contribution in [0.15, 0.2) is 67.3 Å². The molecule has 2 aromatic rings. The third-order valence-corrected chi connectivity index (χ3v) is 9.97. The number of benzene rings is 2. The zero-order valence-electron chi connectivity index (χ0n) is 23.7. The smallest absolute Gasteiger partial charge is 0.338 e. The molecule has 1 saturated heterocycles. The topological polar surface area (TPSA) is 106 Å². The standard InChI is InChI=1S/C29H39NO8SSi/c1-7-29(39-3)21(2)37-28(35-19-23-15-11-12-16-24(23)30(32)33)25(36-20-34-17-18-40(4,5)6)26(29)38-27(31)22-13-9-8-10-14-22/h7-16,21,25-26,28H,1,17-20H2,2-6H3/t21-,25-,26-,28-,29+/m1/s1. The fourth-order valence-electron chi connectivity index (χ4n) is 4.43. The minimum atomic E-state index is -1.31. The van der Waals surface area contributed by atoms with E-state index in [2.05, 4.69) is 26.2 Å². The first-order chi connectivity index (χ1) is 19.0. The minimum absolute atomic E-state index is 0.0601. The van der Waals surface area contributed by atoms with Crippen LogP contribution in [0.25, 0.3) is 0 Å². The van der Waals surface area contributed by atoms with Crippen molar-refractivity contribution in [2.75, 3.05) is 19.7 Å². The molecule has 5 atom stereocenters. The van der Waals surface area contributed by atoms with Crippen LogP contribution in [0.2, 0.25) is 25.7 Å². The average molecular weight is 590 g/mol. The first kappa shape index (κ1) is 32.0. The Bertz CT molecular complexity index is 1140. The number of rotatable bonds is 14. The van der Waals surface area contributed by atoms with E-state index >= 15 is 0 Å². The predicted octanol–water partition coefficient (Wildman–Crippen LogP) is 6.07. The van der Waals surface area contributed by atoms with Crippen molar-refractivity contribution in [3.05, 3.63) is 88.5 Å². The fourth-order valence-corrected chi connectivity index (χ4v) is 6.15. The van der Waals surface area contributed by atoms with Gasteiger partial charge in [-0.1, -0.05) is 56.0 Å². The van der Waals surface area contributed by atoms with Crippen molar-refractivity contribution in [1.82, 2.24) is 0 Å². The van der Waals surface area contributed by atoms with Gasteiger partial charge >= 0.3 is 5.97 Å². The molecule has 3 rings (SSSR count). The lowest BCUT2D eigenvalue weighted by Gasteiger charge is -2.50. The number of nitro groups is 1. The third-order valence-electron chi connectivity index (χ3n) is 6.83. The van der Waals surface area contributed by atoms with Crippen molar-refractivity contribution in [2.24, 2.45) is 0 Å². The van der Waals surface area contributed by atoms with Crippen LogP contribution >= 0.6 is 11.8 Å². The highest BCUT2D eigenvalue weighted by Gasteiger charge is 2.56. The molecule has 40 heavy (non-hydrogen) atoms. The van der Waals surface area contributed by atoms with E-state index in [1.54, 1.807) is 48.5 Å². The van der Waals surface area contributed by atoms with Gasteiger partial charge in [0.1, 0.15) is 12.9 Å². The monoisotopic (exact) mass is 589 g/mol. The highest BCUT2D eigenvalue weighted by atomic mass is 32.2. The summed E-state index contributed by atoms with van der Waals surface area (Å²) >= 11 is 1.44. The number of ether oxygens (including phenoxy) is 5. The van der Waals surface area contributed by atoms with Crippen LogP contribution in [0, 0.1) is 10.1 Å². The lowest BCUT2D eigenvalue weighted by molar-refractivity contribution is -0.386. The quantitative estimate of drug-likeness (QED) is 0.0494. The van der Waals surface area contributed by atoms with Crippen molar-refractivity contribution in [3.63, 3.8) is 0 Å². The minimum Gasteiger partial charge on any atom is -0.454 e. The average Bonchev–Trinajstić information content (AvgIpc) is 2.93. The number of carbonyl (C=O) groups is 1. The first-order valence-electron chi connectivity index (χ1n) is 13.2. The maximum absolute atomic E-state index is 13.3. The fraction of sp³-hybridized carbons (Fsp3) is 0.483. The Balaban J connectivity index is 1.91. The van der Waals surface area contributed by atoms with Gasteiger partial charge in [0, 0.05) is 20.7 Å². The van der Waals surface area contributed by atoms with E-state index in [0.29, 0.717) is 17.7 Å². The van der Waals surface area contributed by atoms with Crippen LogP contribution in [0.3, 0.4) is 0 Å². The van der Waals surface area contributed by atoms with Gasteiger partial charge in [0.15, 0.2) is 12.4 Å². The number of hydrogen-bond donors (Lipinski definition) is 0. The van der Waals surface area contributed by atoms with Crippen LogP contribution in [0.1, 0.15) is 22.8 Å². The summed E-state index contributed by atoms with van der Waals surface area (Å²) in [6, 6.07) is 16.0. The van der Waals surface area contributed by atoms with Crippen LogP contribution in [-0.2, 0) is 30.3 Å². The van der Waals surface area contributed by atoms with Crippen molar-refractivity contribution in [3.8, 4) is 0 Å². The van der Waals surface area contributed by atoms with E-state index in [1.807, 2.05) is 19.2 Å². The molecule has 0 N–H and O–H groups in total. The van der Waals surface area contributed by atoms with Crippen molar-refractivity contribution in [2.45, 2.75) is 68.6 Å². The van der Waals surface area contributed by atoms with Gasteiger partial charge in [0.05, 0.1) is 33.5 Å². The second-order valence-corrected chi connectivity index (χ2v) is 17.5. The number of hydrogen-bond acceptors (Lipinski definition) is 9. The Morgan fingerprint density at radius 3 is 2.45 bits per heavy atom. The van der Waals surface area contributed by atoms with Gasteiger partial charge in [0.25, 0.3) is 5.69 Å². The number of para-hydroxylation sites is 1. The van der Waals surface area contributed by atoms with E-state index in [4.69, 9.17) is 23.7 Å². The van der Waals surface area contributed by atoms with Gasteiger partial charge in [-0.3, -0.25) is 10.1 Å². The summed E-state index contributed by atoms with van der Waals surface area (Å²) in [7, 11) is -1.31. The highest BCUT2D eigenvalue weighted by Crippen LogP contribution is 2.44. The van der Waals surface area contributed by atoms with Gasteiger partial charge < -0.3 is 23.7 Å². The van der Waals surface area contributed by atoms with Gasteiger partial charge in [-0.15, -0.1) is 18.3 Å². The number of esters is 1. The Kier molecular flexibility index (Phi) is 11.5. The summed E-state index contributed by atoms with van der Waals surface area (Å²) in [5, 5.41) is 11.5. The molecule has 1 fully saturated rings. The van der Waals surface area contributed by atoms with Crippen molar-refractivity contribution in [1.29, 1.82) is 0 Å². The summed E-state index contributed by atoms with van der Waals surface area (Å²) in [6.07, 6.45) is 0.310. The number of nitro benzene ring substituents is 1. The summed E-state index contributed by atoms with van der Waals surface area (Å²) in [5.74, 6) is -0.523. The lowest BCUT2D eigenvalue weighted by Crippen LogP contribution is -2.65. The second kappa shape index (κ2) is 14.4. The third kappa shape index (κ3) is 8.02. The summed E-state index contributed by atoms with van der Waals surface area (Å²) in [5.41, 5.74) is 0.718. The Labute approximate surface area is 241 Å². The summed E-state index contributed by atoms with van der Waals surface area (Å²) in [4.78, 5) is 24.4. The van der Waals surface area contributed by atoms with E-state index in [1.165, 1.54) is 17.8 Å². The number of nitrogens with zero attached hydrogens (tertiary/aromatic N) is 1. The normalized spacial score (nSPS) is 24.8. The molecule has 9 nitrogen and oxygen atoms in total. The first-order valence-corrected chi connectivity index (χ1v) is 18.1. The molecule has 0 unspecified atom stereocenters. The molecule has 0 amide bonds. The van der Waals surface area contributed by atoms with E-state index in [9.17, 15) is 14.9 Å². The molecule has 11 heteroatoms. The molecule has 1 aliphatic heterocycles. The number of thioether (sulfide) groups is 1. The summed E-state index contributed by atoms with van der Waals surface area (Å²) in [6.45, 7) is 13.0. The molecule has 0 bridgehead atoms. The maximum atomic E-state index is 13.3. The molecule has 1 heterocycles.